The fourth-order valence-corrected chi connectivity index (χ4v) is 3.69. The molecule has 2 aromatic heterocycles. The van der Waals surface area contributed by atoms with Crippen molar-refractivity contribution in [2.75, 3.05) is 20.0 Å². The number of aromatic nitrogens is 1. The second kappa shape index (κ2) is 8.38. The van der Waals surface area contributed by atoms with Crippen LogP contribution in [0.4, 0.5) is 5.82 Å². The average molecular weight is 392 g/mol. The summed E-state index contributed by atoms with van der Waals surface area (Å²) in [4.78, 5) is 4.28. The van der Waals surface area contributed by atoms with E-state index in [-0.39, 0.29) is 16.9 Å². The number of nitriles is 2. The first-order chi connectivity index (χ1) is 13.6. The molecule has 0 aliphatic heterocycles. The van der Waals surface area contributed by atoms with Crippen LogP contribution < -0.4 is 15.2 Å². The second-order valence-electron chi connectivity index (χ2n) is 5.56. The molecule has 1 aromatic carbocycles. The van der Waals surface area contributed by atoms with E-state index in [4.69, 9.17) is 19.6 Å². The van der Waals surface area contributed by atoms with Crippen molar-refractivity contribution in [3.63, 3.8) is 0 Å². The maximum absolute atomic E-state index is 9.87. The van der Waals surface area contributed by atoms with Crippen molar-refractivity contribution in [1.82, 2.24) is 4.98 Å². The summed E-state index contributed by atoms with van der Waals surface area (Å²) in [5.41, 5.74) is 7.32. The molecule has 0 spiro atoms. The van der Waals surface area contributed by atoms with Crippen LogP contribution in [0.25, 0.3) is 11.1 Å². The first-order valence-corrected chi connectivity index (χ1v) is 9.13. The number of nitrogens with two attached hydrogens (primary N) is 1. The predicted octanol–water partition coefficient (Wildman–Crippen LogP) is 3.98. The number of methoxy groups -OCH3 is 2. The van der Waals surface area contributed by atoms with Gasteiger partial charge in [0.15, 0.2) is 11.5 Å². The monoisotopic (exact) mass is 392 g/mol. The normalized spacial score (nSPS) is 10.1. The Morgan fingerprint density at radius 3 is 2.50 bits per heavy atom. The molecular weight excluding hydrogens is 376 g/mol. The smallest absolute Gasteiger partial charge is 0.168 e. The lowest BCUT2D eigenvalue weighted by Crippen LogP contribution is -2.04. The van der Waals surface area contributed by atoms with Gasteiger partial charge < -0.3 is 19.6 Å². The van der Waals surface area contributed by atoms with E-state index in [9.17, 15) is 10.5 Å². The van der Waals surface area contributed by atoms with Gasteiger partial charge in [-0.2, -0.15) is 10.5 Å². The van der Waals surface area contributed by atoms with Crippen molar-refractivity contribution < 1.29 is 13.9 Å². The van der Waals surface area contributed by atoms with E-state index < -0.39 is 0 Å². The van der Waals surface area contributed by atoms with Crippen molar-refractivity contribution >= 4 is 17.6 Å². The number of para-hydroxylation sites is 1. The zero-order chi connectivity index (χ0) is 20.1. The largest absolute Gasteiger partial charge is 0.493 e. The summed E-state index contributed by atoms with van der Waals surface area (Å²) in [5.74, 6) is 2.13. The highest BCUT2D eigenvalue weighted by atomic mass is 32.2. The van der Waals surface area contributed by atoms with E-state index >= 15 is 0 Å². The molecule has 0 atom stereocenters. The van der Waals surface area contributed by atoms with Crippen LogP contribution in [0.15, 0.2) is 46.0 Å². The molecule has 3 rings (SSSR count). The third-order valence-corrected chi connectivity index (χ3v) is 5.02. The van der Waals surface area contributed by atoms with Crippen molar-refractivity contribution in [1.29, 1.82) is 10.5 Å². The number of pyridine rings is 1. The predicted molar refractivity (Wildman–Crippen MR) is 105 cm³/mol. The van der Waals surface area contributed by atoms with Gasteiger partial charge in [-0.3, -0.25) is 0 Å². The Labute approximate surface area is 166 Å². The molecule has 0 aliphatic carbocycles. The van der Waals surface area contributed by atoms with E-state index in [1.807, 2.05) is 6.07 Å². The number of furan rings is 1. The van der Waals surface area contributed by atoms with Gasteiger partial charge in [-0.15, -0.1) is 0 Å². The van der Waals surface area contributed by atoms with Crippen molar-refractivity contribution in [2.45, 2.75) is 10.8 Å². The molecule has 0 saturated carbocycles. The minimum Gasteiger partial charge on any atom is -0.493 e. The van der Waals surface area contributed by atoms with Crippen molar-refractivity contribution in [3.05, 3.63) is 53.5 Å². The van der Waals surface area contributed by atoms with Crippen LogP contribution in [-0.2, 0) is 5.75 Å². The second-order valence-corrected chi connectivity index (χ2v) is 6.52. The highest BCUT2D eigenvalue weighted by Crippen LogP contribution is 2.43. The molecule has 0 unspecified atom stereocenters. The number of benzene rings is 1. The fourth-order valence-electron chi connectivity index (χ4n) is 2.79. The first-order valence-electron chi connectivity index (χ1n) is 8.14. The summed E-state index contributed by atoms with van der Waals surface area (Å²) in [6, 6.07) is 13.1. The molecule has 0 radical (unpaired) electrons. The van der Waals surface area contributed by atoms with Crippen LogP contribution in [0, 0.1) is 22.7 Å². The SMILES string of the molecule is COc1cccc(-c2c(C#N)c(N)nc(SCc3ccco3)c2C#N)c1OC. The van der Waals surface area contributed by atoms with Gasteiger partial charge in [0, 0.05) is 11.1 Å². The van der Waals surface area contributed by atoms with E-state index in [2.05, 4.69) is 17.1 Å². The number of rotatable bonds is 6. The summed E-state index contributed by atoms with van der Waals surface area (Å²) >= 11 is 1.31. The number of nitrogens with zero attached hydrogens (tertiary/aromatic N) is 3. The molecule has 0 aliphatic rings. The fraction of sp³-hybridized carbons (Fsp3) is 0.150. The summed E-state index contributed by atoms with van der Waals surface area (Å²) < 4.78 is 16.2. The molecule has 2 heterocycles. The van der Waals surface area contributed by atoms with E-state index in [0.717, 1.165) is 5.76 Å². The molecule has 140 valence electrons. The van der Waals surface area contributed by atoms with Crippen LogP contribution in [0.5, 0.6) is 11.5 Å². The number of hydrogen-bond acceptors (Lipinski definition) is 8. The van der Waals surface area contributed by atoms with Gasteiger partial charge in [-0.1, -0.05) is 23.9 Å². The van der Waals surface area contributed by atoms with Crippen molar-refractivity contribution in [3.8, 4) is 34.8 Å². The lowest BCUT2D eigenvalue weighted by atomic mass is 9.95. The first kappa shape index (κ1) is 19.2. The van der Waals surface area contributed by atoms with E-state index in [1.165, 1.54) is 26.0 Å². The molecule has 7 nitrogen and oxygen atoms in total. The number of nitrogen functional groups attached to an aromatic ring is 1. The summed E-state index contributed by atoms with van der Waals surface area (Å²) in [6.45, 7) is 0. The quantitative estimate of drug-likeness (QED) is 0.626. The molecule has 0 fully saturated rings. The zero-order valence-electron chi connectivity index (χ0n) is 15.2. The highest BCUT2D eigenvalue weighted by molar-refractivity contribution is 7.98. The molecule has 2 N–H and O–H groups in total. The van der Waals surface area contributed by atoms with Gasteiger partial charge in [-0.25, -0.2) is 4.98 Å². The minimum absolute atomic E-state index is 0.0447. The Balaban J connectivity index is 2.23. The Morgan fingerprint density at radius 2 is 1.89 bits per heavy atom. The molecular formula is C20H16N4O3S. The van der Waals surface area contributed by atoms with Gasteiger partial charge in [0.2, 0.25) is 0 Å². The third-order valence-electron chi connectivity index (χ3n) is 4.02. The summed E-state index contributed by atoms with van der Waals surface area (Å²) in [5, 5.41) is 20.0. The maximum Gasteiger partial charge on any atom is 0.168 e. The van der Waals surface area contributed by atoms with Crippen LogP contribution in [-0.4, -0.2) is 19.2 Å². The van der Waals surface area contributed by atoms with Crippen molar-refractivity contribution in [2.24, 2.45) is 0 Å². The standard InChI is InChI=1S/C20H16N4O3S/c1-25-16-7-3-6-13(18(16)26-2)17-14(9-21)19(23)24-20(15(17)10-22)28-11-12-5-4-8-27-12/h3-8H,11H2,1-2H3,(H2,23,24). The Bertz CT molecular complexity index is 1080. The molecule has 0 amide bonds. The summed E-state index contributed by atoms with van der Waals surface area (Å²) in [7, 11) is 3.01. The lowest BCUT2D eigenvalue weighted by Gasteiger charge is -2.17. The summed E-state index contributed by atoms with van der Waals surface area (Å²) in [6.07, 6.45) is 1.58. The van der Waals surface area contributed by atoms with Crippen LogP contribution in [0.2, 0.25) is 0 Å². The Morgan fingerprint density at radius 1 is 1.11 bits per heavy atom. The van der Waals surface area contributed by atoms with Gasteiger partial charge >= 0.3 is 0 Å². The highest BCUT2D eigenvalue weighted by Gasteiger charge is 2.24. The number of ether oxygens (including phenoxy) is 2. The van der Waals surface area contributed by atoms with Crippen LogP contribution in [0.1, 0.15) is 16.9 Å². The maximum atomic E-state index is 9.87. The minimum atomic E-state index is 0.0447. The van der Waals surface area contributed by atoms with E-state index in [1.54, 1.807) is 30.5 Å². The Hall–Kier alpha value is -3.62. The van der Waals surface area contributed by atoms with Gasteiger partial charge in [0.1, 0.15) is 34.3 Å². The molecule has 0 saturated heterocycles. The number of hydrogen-bond donors (Lipinski definition) is 1. The van der Waals surface area contributed by atoms with Gasteiger partial charge in [0.25, 0.3) is 0 Å². The zero-order valence-corrected chi connectivity index (χ0v) is 16.0. The number of anilines is 1. The molecule has 28 heavy (non-hydrogen) atoms. The average Bonchev–Trinajstić information content (AvgIpc) is 3.24. The van der Waals surface area contributed by atoms with Gasteiger partial charge in [0.05, 0.1) is 31.8 Å². The third kappa shape index (κ3) is 3.46. The van der Waals surface area contributed by atoms with Gasteiger partial charge in [-0.05, 0) is 18.2 Å². The topological polar surface area (TPSA) is 118 Å². The molecule has 8 heteroatoms. The van der Waals surface area contributed by atoms with Crippen LogP contribution in [0.3, 0.4) is 0 Å². The molecule has 0 bridgehead atoms. The Kier molecular flexibility index (Phi) is 5.73. The van der Waals surface area contributed by atoms with Crippen LogP contribution >= 0.6 is 11.8 Å². The lowest BCUT2D eigenvalue weighted by molar-refractivity contribution is 0.356. The van der Waals surface area contributed by atoms with E-state index in [0.29, 0.717) is 33.4 Å². The molecule has 3 aromatic rings. The number of thioether (sulfide) groups is 1.